The molecular weight excluding hydrogens is 324 g/mol. The van der Waals surface area contributed by atoms with E-state index in [0.29, 0.717) is 5.02 Å². The fourth-order valence-corrected chi connectivity index (χ4v) is 3.87. The number of rotatable bonds is 5. The molecule has 0 spiro atoms. The molecule has 0 unspecified atom stereocenters. The van der Waals surface area contributed by atoms with Gasteiger partial charge >= 0.3 is 0 Å². The van der Waals surface area contributed by atoms with Crippen LogP contribution in [0.15, 0.2) is 29.2 Å². The van der Waals surface area contributed by atoms with Crippen molar-refractivity contribution in [2.24, 2.45) is 0 Å². The fraction of sp³-hybridized carbons (Fsp3) is 0.533. The average molecular weight is 345 g/mol. The number of nitrogens with one attached hydrogen (secondary N) is 2. The van der Waals surface area contributed by atoms with Crippen molar-refractivity contribution in [3.05, 3.63) is 29.3 Å². The third-order valence-electron chi connectivity index (χ3n) is 3.80. The summed E-state index contributed by atoms with van der Waals surface area (Å²) in [6, 6.07) is 5.17. The molecule has 1 aliphatic carbocycles. The third-order valence-corrected chi connectivity index (χ3v) is 5.61. The van der Waals surface area contributed by atoms with Gasteiger partial charge in [0.15, 0.2) is 0 Å². The van der Waals surface area contributed by atoms with E-state index in [1.165, 1.54) is 30.7 Å². The van der Waals surface area contributed by atoms with Crippen molar-refractivity contribution in [1.82, 2.24) is 10.0 Å². The molecule has 1 saturated carbocycles. The van der Waals surface area contributed by atoms with Gasteiger partial charge in [0, 0.05) is 11.1 Å². The zero-order chi connectivity index (χ0) is 16.2. The average Bonchev–Trinajstić information content (AvgIpc) is 2.48. The molecule has 1 atom stereocenters. The Morgan fingerprint density at radius 1 is 1.18 bits per heavy atom. The van der Waals surface area contributed by atoms with Crippen molar-refractivity contribution in [1.29, 1.82) is 0 Å². The second kappa shape index (κ2) is 7.44. The topological polar surface area (TPSA) is 75.3 Å². The molecule has 0 bridgehead atoms. The summed E-state index contributed by atoms with van der Waals surface area (Å²) in [6.07, 6.45) is 5.33. The van der Waals surface area contributed by atoms with Crippen molar-refractivity contribution in [2.75, 3.05) is 0 Å². The van der Waals surface area contributed by atoms with Crippen LogP contribution in [0.4, 0.5) is 0 Å². The summed E-state index contributed by atoms with van der Waals surface area (Å²) in [5.74, 6) is -0.288. The number of halogens is 1. The Labute approximate surface area is 136 Å². The van der Waals surface area contributed by atoms with Gasteiger partial charge in [0.1, 0.15) is 0 Å². The summed E-state index contributed by atoms with van der Waals surface area (Å²) in [7, 11) is -3.73. The van der Waals surface area contributed by atoms with E-state index in [0.717, 1.165) is 25.7 Å². The smallest absolute Gasteiger partial charge is 0.241 e. The predicted octanol–water partition coefficient (Wildman–Crippen LogP) is 2.46. The number of amides is 1. The second-order valence-electron chi connectivity index (χ2n) is 5.64. The Morgan fingerprint density at radius 3 is 2.36 bits per heavy atom. The van der Waals surface area contributed by atoms with Crippen LogP contribution in [0.5, 0.6) is 0 Å². The van der Waals surface area contributed by atoms with Gasteiger partial charge in [-0.1, -0.05) is 30.9 Å². The maximum absolute atomic E-state index is 12.2. The highest BCUT2D eigenvalue weighted by molar-refractivity contribution is 7.89. The minimum Gasteiger partial charge on any atom is -0.352 e. The molecule has 1 amide bonds. The van der Waals surface area contributed by atoms with Crippen LogP contribution in [0, 0.1) is 0 Å². The Kier molecular flexibility index (Phi) is 5.83. The van der Waals surface area contributed by atoms with Crippen LogP contribution in [0.3, 0.4) is 0 Å². The van der Waals surface area contributed by atoms with Gasteiger partial charge in [-0.05, 0) is 44.0 Å². The first kappa shape index (κ1) is 17.2. The first-order valence-corrected chi connectivity index (χ1v) is 9.33. The number of sulfonamides is 1. The van der Waals surface area contributed by atoms with E-state index in [2.05, 4.69) is 10.0 Å². The molecule has 1 aromatic carbocycles. The second-order valence-corrected chi connectivity index (χ2v) is 7.79. The largest absolute Gasteiger partial charge is 0.352 e. The highest BCUT2D eigenvalue weighted by Crippen LogP contribution is 2.18. The molecule has 0 aromatic heterocycles. The highest BCUT2D eigenvalue weighted by atomic mass is 35.5. The molecule has 1 fully saturated rings. The van der Waals surface area contributed by atoms with Crippen LogP contribution < -0.4 is 10.0 Å². The van der Waals surface area contributed by atoms with Crippen LogP contribution in [0.25, 0.3) is 0 Å². The van der Waals surface area contributed by atoms with Crippen molar-refractivity contribution in [3.8, 4) is 0 Å². The van der Waals surface area contributed by atoms with Gasteiger partial charge < -0.3 is 5.32 Å². The molecule has 0 saturated heterocycles. The minimum atomic E-state index is -3.73. The lowest BCUT2D eigenvalue weighted by atomic mass is 9.95. The van der Waals surface area contributed by atoms with Crippen LogP contribution in [0.1, 0.15) is 39.0 Å². The molecule has 22 heavy (non-hydrogen) atoms. The van der Waals surface area contributed by atoms with Crippen LogP contribution in [-0.4, -0.2) is 26.4 Å². The SMILES string of the molecule is C[C@@H](NS(=O)(=O)c1ccc(Cl)cc1)C(=O)NC1CCCCC1. The van der Waals surface area contributed by atoms with Crippen LogP contribution in [-0.2, 0) is 14.8 Å². The molecule has 1 aromatic rings. The van der Waals surface area contributed by atoms with E-state index >= 15 is 0 Å². The highest BCUT2D eigenvalue weighted by Gasteiger charge is 2.24. The van der Waals surface area contributed by atoms with Gasteiger partial charge in [-0.2, -0.15) is 4.72 Å². The molecular formula is C15H21ClN2O3S. The summed E-state index contributed by atoms with van der Waals surface area (Å²) in [6.45, 7) is 1.55. The standard InChI is InChI=1S/C15H21ClN2O3S/c1-11(15(19)17-13-5-3-2-4-6-13)18-22(20,21)14-9-7-12(16)8-10-14/h7-11,13,18H,2-6H2,1H3,(H,17,19)/t11-/m1/s1. The predicted molar refractivity (Wildman–Crippen MR) is 86.3 cm³/mol. The Bertz CT molecular complexity index is 610. The molecule has 0 heterocycles. The fourth-order valence-electron chi connectivity index (χ4n) is 2.54. The minimum absolute atomic E-state index is 0.0919. The van der Waals surface area contributed by atoms with E-state index in [9.17, 15) is 13.2 Å². The summed E-state index contributed by atoms with van der Waals surface area (Å²) >= 11 is 5.75. The van der Waals surface area contributed by atoms with Crippen molar-refractivity contribution < 1.29 is 13.2 Å². The summed E-state index contributed by atoms with van der Waals surface area (Å²) < 4.78 is 26.8. The Balaban J connectivity index is 1.95. The monoisotopic (exact) mass is 344 g/mol. The van der Waals surface area contributed by atoms with Gasteiger partial charge in [-0.15, -0.1) is 0 Å². The molecule has 2 N–H and O–H groups in total. The van der Waals surface area contributed by atoms with Gasteiger partial charge in [-0.3, -0.25) is 4.79 Å². The summed E-state index contributed by atoms with van der Waals surface area (Å²) in [5.41, 5.74) is 0. The first-order valence-electron chi connectivity index (χ1n) is 7.47. The quantitative estimate of drug-likeness (QED) is 0.861. The van der Waals surface area contributed by atoms with E-state index in [1.807, 2.05) is 0 Å². The van der Waals surface area contributed by atoms with E-state index in [1.54, 1.807) is 6.92 Å². The van der Waals surface area contributed by atoms with E-state index in [-0.39, 0.29) is 16.8 Å². The molecule has 1 aliphatic rings. The van der Waals surface area contributed by atoms with Crippen LogP contribution in [0.2, 0.25) is 5.02 Å². The normalized spacial score (nSPS) is 17.9. The molecule has 0 aliphatic heterocycles. The van der Waals surface area contributed by atoms with Crippen molar-refractivity contribution >= 4 is 27.5 Å². The van der Waals surface area contributed by atoms with Gasteiger partial charge in [0.05, 0.1) is 10.9 Å². The molecule has 2 rings (SSSR count). The zero-order valence-electron chi connectivity index (χ0n) is 12.5. The number of carbonyl (C=O) groups is 1. The van der Waals surface area contributed by atoms with Gasteiger partial charge in [0.25, 0.3) is 0 Å². The lowest BCUT2D eigenvalue weighted by molar-refractivity contribution is -0.123. The zero-order valence-corrected chi connectivity index (χ0v) is 14.1. The number of benzene rings is 1. The summed E-state index contributed by atoms with van der Waals surface area (Å²) in [4.78, 5) is 12.2. The lowest BCUT2D eigenvalue weighted by Gasteiger charge is -2.24. The van der Waals surface area contributed by atoms with Gasteiger partial charge in [-0.25, -0.2) is 8.42 Å². The van der Waals surface area contributed by atoms with Crippen LogP contribution >= 0.6 is 11.6 Å². The molecule has 5 nitrogen and oxygen atoms in total. The van der Waals surface area contributed by atoms with E-state index < -0.39 is 16.1 Å². The van der Waals surface area contributed by atoms with Crippen molar-refractivity contribution in [3.63, 3.8) is 0 Å². The number of hydrogen-bond donors (Lipinski definition) is 2. The Hall–Kier alpha value is -1.11. The number of hydrogen-bond acceptors (Lipinski definition) is 3. The third kappa shape index (κ3) is 4.69. The molecule has 7 heteroatoms. The summed E-state index contributed by atoms with van der Waals surface area (Å²) in [5, 5.41) is 3.38. The first-order chi connectivity index (χ1) is 10.4. The maximum atomic E-state index is 12.2. The Morgan fingerprint density at radius 2 is 1.77 bits per heavy atom. The molecule has 0 radical (unpaired) electrons. The molecule has 122 valence electrons. The lowest BCUT2D eigenvalue weighted by Crippen LogP contribution is -2.48. The number of carbonyl (C=O) groups excluding carboxylic acids is 1. The van der Waals surface area contributed by atoms with Gasteiger partial charge in [0.2, 0.25) is 15.9 Å². The maximum Gasteiger partial charge on any atom is 0.241 e. The van der Waals surface area contributed by atoms with Crippen molar-refractivity contribution in [2.45, 2.75) is 56.0 Å². The van der Waals surface area contributed by atoms with E-state index in [4.69, 9.17) is 11.6 Å².